The molecule has 0 spiro atoms. The van der Waals surface area contributed by atoms with Gasteiger partial charge in [0.1, 0.15) is 5.76 Å². The second-order valence-corrected chi connectivity index (χ2v) is 7.37. The molecule has 0 aromatic carbocycles. The monoisotopic (exact) mass is 302 g/mol. The van der Waals surface area contributed by atoms with Crippen LogP contribution in [0, 0.1) is 0 Å². The number of nitrogens with one attached hydrogen (secondary N) is 1. The number of furan rings is 1. The zero-order valence-corrected chi connectivity index (χ0v) is 13.7. The van der Waals surface area contributed by atoms with Crippen LogP contribution in [0.25, 0.3) is 0 Å². The minimum absolute atomic E-state index is 0.00191. The summed E-state index contributed by atoms with van der Waals surface area (Å²) in [7, 11) is -0.490. The van der Waals surface area contributed by atoms with Crippen LogP contribution >= 0.6 is 0 Å². The Morgan fingerprint density at radius 3 is 2.60 bits per heavy atom. The fourth-order valence-electron chi connectivity index (χ4n) is 1.85. The van der Waals surface area contributed by atoms with Gasteiger partial charge in [0.25, 0.3) is 10.0 Å². The van der Waals surface area contributed by atoms with E-state index >= 15 is 0 Å². The van der Waals surface area contributed by atoms with Crippen molar-refractivity contribution in [2.75, 3.05) is 14.1 Å². The molecule has 1 rings (SSSR count). The van der Waals surface area contributed by atoms with Crippen LogP contribution in [0.3, 0.4) is 0 Å². The van der Waals surface area contributed by atoms with Crippen LogP contribution in [0.2, 0.25) is 0 Å². The molecule has 20 heavy (non-hydrogen) atoms. The van der Waals surface area contributed by atoms with E-state index in [2.05, 4.69) is 19.2 Å². The zero-order chi connectivity index (χ0) is 15.2. The van der Waals surface area contributed by atoms with Gasteiger partial charge in [0, 0.05) is 20.1 Å². The van der Waals surface area contributed by atoms with Gasteiger partial charge in [-0.3, -0.25) is 0 Å². The normalized spacial score (nSPS) is 13.8. The third-order valence-electron chi connectivity index (χ3n) is 3.24. The largest absolute Gasteiger partial charge is 0.447 e. The van der Waals surface area contributed by atoms with Crippen LogP contribution in [-0.2, 0) is 16.6 Å². The van der Waals surface area contributed by atoms with E-state index in [9.17, 15) is 8.42 Å². The van der Waals surface area contributed by atoms with Crippen LogP contribution < -0.4 is 5.32 Å². The third kappa shape index (κ3) is 4.92. The molecule has 1 atom stereocenters. The summed E-state index contributed by atoms with van der Waals surface area (Å²) < 4.78 is 30.3. The average molecular weight is 302 g/mol. The van der Waals surface area contributed by atoms with Gasteiger partial charge in [-0.1, -0.05) is 26.2 Å². The Kier molecular flexibility index (Phi) is 6.71. The summed E-state index contributed by atoms with van der Waals surface area (Å²) in [6, 6.07) is 3.62. The van der Waals surface area contributed by atoms with Gasteiger partial charge in [0.15, 0.2) is 0 Å². The highest BCUT2D eigenvalue weighted by Crippen LogP contribution is 2.17. The number of hydrogen-bond donors (Lipinski definition) is 1. The van der Waals surface area contributed by atoms with Gasteiger partial charge in [0.05, 0.1) is 6.54 Å². The molecule has 1 N–H and O–H groups in total. The predicted molar refractivity (Wildman–Crippen MR) is 80.0 cm³/mol. The average Bonchev–Trinajstić information content (AvgIpc) is 2.86. The quantitative estimate of drug-likeness (QED) is 0.712. The minimum atomic E-state index is -3.47. The van der Waals surface area contributed by atoms with Crippen LogP contribution in [-0.4, -0.2) is 32.9 Å². The Morgan fingerprint density at radius 1 is 1.30 bits per heavy atom. The highest BCUT2D eigenvalue weighted by Gasteiger charge is 2.21. The van der Waals surface area contributed by atoms with Crippen molar-refractivity contribution in [1.82, 2.24) is 9.62 Å². The van der Waals surface area contributed by atoms with E-state index in [0.29, 0.717) is 18.3 Å². The molecule has 5 nitrogen and oxygen atoms in total. The minimum Gasteiger partial charge on any atom is -0.447 e. The first-order valence-corrected chi connectivity index (χ1v) is 8.56. The molecule has 1 aromatic heterocycles. The summed E-state index contributed by atoms with van der Waals surface area (Å²) in [4.78, 5) is 0. The second-order valence-electron chi connectivity index (χ2n) is 5.29. The fraction of sp³-hybridized carbons (Fsp3) is 0.714. The predicted octanol–water partition coefficient (Wildman–Crippen LogP) is 2.59. The lowest BCUT2D eigenvalue weighted by Crippen LogP contribution is -2.25. The molecule has 0 saturated carbocycles. The van der Waals surface area contributed by atoms with Crippen molar-refractivity contribution in [2.45, 2.75) is 57.2 Å². The summed E-state index contributed by atoms with van der Waals surface area (Å²) in [6.07, 6.45) is 4.80. The van der Waals surface area contributed by atoms with Crippen molar-refractivity contribution in [3.05, 3.63) is 17.9 Å². The van der Waals surface area contributed by atoms with E-state index in [1.165, 1.54) is 39.4 Å². The first-order chi connectivity index (χ1) is 9.37. The lowest BCUT2D eigenvalue weighted by molar-refractivity contribution is 0.376. The van der Waals surface area contributed by atoms with Gasteiger partial charge in [0.2, 0.25) is 5.09 Å². The van der Waals surface area contributed by atoms with Crippen molar-refractivity contribution in [3.8, 4) is 0 Å². The van der Waals surface area contributed by atoms with Gasteiger partial charge in [-0.2, -0.15) is 0 Å². The van der Waals surface area contributed by atoms with Crippen molar-refractivity contribution in [2.24, 2.45) is 0 Å². The maximum Gasteiger partial charge on any atom is 0.275 e. The Balaban J connectivity index is 2.49. The van der Waals surface area contributed by atoms with Crippen LogP contribution in [0.1, 0.15) is 45.3 Å². The van der Waals surface area contributed by atoms with Crippen molar-refractivity contribution in [1.29, 1.82) is 0 Å². The summed E-state index contributed by atoms with van der Waals surface area (Å²) >= 11 is 0. The molecule has 1 unspecified atom stereocenters. The van der Waals surface area contributed by atoms with Crippen molar-refractivity contribution >= 4 is 10.0 Å². The van der Waals surface area contributed by atoms with Gasteiger partial charge in [-0.15, -0.1) is 0 Å². The molecule has 1 aromatic rings. The number of nitrogens with zero attached hydrogens (tertiary/aromatic N) is 1. The molecule has 0 amide bonds. The molecule has 0 aliphatic heterocycles. The van der Waals surface area contributed by atoms with Crippen molar-refractivity contribution in [3.63, 3.8) is 0 Å². The third-order valence-corrected chi connectivity index (χ3v) is 4.93. The maximum absolute atomic E-state index is 11.9. The van der Waals surface area contributed by atoms with Gasteiger partial charge >= 0.3 is 0 Å². The lowest BCUT2D eigenvalue weighted by atomic mass is 10.1. The number of rotatable bonds is 9. The molecular formula is C14H26N2O3S. The van der Waals surface area contributed by atoms with Crippen LogP contribution in [0.5, 0.6) is 0 Å². The smallest absolute Gasteiger partial charge is 0.275 e. The summed E-state index contributed by atoms with van der Waals surface area (Å²) in [5.41, 5.74) is 0. The van der Waals surface area contributed by atoms with E-state index in [0.717, 1.165) is 10.7 Å². The van der Waals surface area contributed by atoms with E-state index in [-0.39, 0.29) is 5.09 Å². The molecular weight excluding hydrogens is 276 g/mol. The number of hydrogen-bond acceptors (Lipinski definition) is 4. The van der Waals surface area contributed by atoms with Crippen molar-refractivity contribution < 1.29 is 12.8 Å². The second kappa shape index (κ2) is 7.81. The molecule has 116 valence electrons. The van der Waals surface area contributed by atoms with Gasteiger partial charge in [-0.25, -0.2) is 12.7 Å². The molecule has 0 fully saturated rings. The summed E-state index contributed by atoms with van der Waals surface area (Å²) in [5.74, 6) is 0.646. The lowest BCUT2D eigenvalue weighted by Gasteiger charge is -2.12. The first-order valence-electron chi connectivity index (χ1n) is 7.12. The Morgan fingerprint density at radius 2 is 2.00 bits per heavy atom. The topological polar surface area (TPSA) is 62.6 Å². The van der Waals surface area contributed by atoms with E-state index in [1.807, 2.05) is 0 Å². The maximum atomic E-state index is 11.9. The highest BCUT2D eigenvalue weighted by molar-refractivity contribution is 7.88. The summed E-state index contributed by atoms with van der Waals surface area (Å²) in [5, 5.41) is 3.35. The standard InChI is InChI=1S/C14H26N2O3S/c1-5-6-7-8-12(2)15-11-13-9-10-14(19-13)20(17,18)16(3)4/h9-10,12,15H,5-8,11H2,1-4H3. The molecule has 0 aliphatic carbocycles. The Hall–Kier alpha value is -0.850. The van der Waals surface area contributed by atoms with Gasteiger partial charge < -0.3 is 9.73 Å². The highest BCUT2D eigenvalue weighted by atomic mass is 32.2. The molecule has 0 bridgehead atoms. The Bertz CT molecular complexity index is 494. The van der Waals surface area contributed by atoms with E-state index < -0.39 is 10.0 Å². The van der Waals surface area contributed by atoms with Crippen LogP contribution in [0.4, 0.5) is 0 Å². The zero-order valence-electron chi connectivity index (χ0n) is 12.8. The molecule has 6 heteroatoms. The first kappa shape index (κ1) is 17.2. The SMILES string of the molecule is CCCCCC(C)NCc1ccc(S(=O)(=O)N(C)C)o1. The van der Waals surface area contributed by atoms with Gasteiger partial charge in [-0.05, 0) is 25.5 Å². The van der Waals surface area contributed by atoms with Crippen LogP contribution in [0.15, 0.2) is 21.6 Å². The number of unbranched alkanes of at least 4 members (excludes halogenated alkanes) is 2. The molecule has 0 aliphatic rings. The summed E-state index contributed by atoms with van der Waals surface area (Å²) in [6.45, 7) is 4.87. The molecule has 0 radical (unpaired) electrons. The van der Waals surface area contributed by atoms with E-state index in [4.69, 9.17) is 4.42 Å². The Labute approximate surface area is 122 Å². The van der Waals surface area contributed by atoms with E-state index in [1.54, 1.807) is 6.07 Å². The fourth-order valence-corrected chi connectivity index (χ4v) is 2.66. The molecule has 1 heterocycles. The number of sulfonamides is 1. The molecule has 0 saturated heterocycles.